The monoisotopic (exact) mass is 540 g/mol. The van der Waals surface area contributed by atoms with E-state index in [-0.39, 0.29) is 6.10 Å². The summed E-state index contributed by atoms with van der Waals surface area (Å²) in [5, 5.41) is 15.2. The third kappa shape index (κ3) is 4.60. The molecular formula is C27H33ClN6O2S. The summed E-state index contributed by atoms with van der Waals surface area (Å²) in [4.78, 5) is 12.7. The summed E-state index contributed by atoms with van der Waals surface area (Å²) >= 11 is 7.96. The smallest absolute Gasteiger partial charge is 0.218 e. The number of thiophene rings is 1. The summed E-state index contributed by atoms with van der Waals surface area (Å²) in [7, 11) is 2.12. The molecule has 1 aliphatic carbocycles. The Kier molecular flexibility index (Phi) is 7.18. The van der Waals surface area contributed by atoms with Gasteiger partial charge in [-0.25, -0.2) is 4.98 Å². The maximum atomic E-state index is 9.91. The summed E-state index contributed by atoms with van der Waals surface area (Å²) < 4.78 is 12.4. The second kappa shape index (κ2) is 10.2. The minimum Gasteiger partial charge on any atom is -0.473 e. The number of halogens is 1. The van der Waals surface area contributed by atoms with E-state index in [1.54, 1.807) is 6.07 Å². The van der Waals surface area contributed by atoms with Gasteiger partial charge in [-0.2, -0.15) is 10.2 Å². The number of aryl methyl sites for hydroxylation is 1. The van der Waals surface area contributed by atoms with E-state index in [4.69, 9.17) is 31.6 Å². The number of nitriles is 1. The molecule has 0 saturated carbocycles. The summed E-state index contributed by atoms with van der Waals surface area (Å²) in [6.45, 7) is 7.39. The number of aromatic nitrogens is 3. The first-order valence-electron chi connectivity index (χ1n) is 13.0. The Bertz CT molecular complexity index is 1350. The molecule has 4 heterocycles. The van der Waals surface area contributed by atoms with Crippen LogP contribution in [0.5, 0.6) is 5.88 Å². The fourth-order valence-electron chi connectivity index (χ4n) is 6.08. The zero-order valence-corrected chi connectivity index (χ0v) is 23.4. The molecule has 196 valence electrons. The van der Waals surface area contributed by atoms with Crippen LogP contribution in [0.15, 0.2) is 10.6 Å². The van der Waals surface area contributed by atoms with Gasteiger partial charge in [0.05, 0.1) is 11.0 Å². The lowest BCUT2D eigenvalue weighted by atomic mass is 9.69. The van der Waals surface area contributed by atoms with Crippen molar-refractivity contribution in [1.29, 1.82) is 5.26 Å². The Hall–Kier alpha value is -2.67. The highest BCUT2D eigenvalue weighted by Crippen LogP contribution is 2.50. The van der Waals surface area contributed by atoms with E-state index >= 15 is 0 Å². The number of likely N-dealkylation sites (tertiary alicyclic amines) is 1. The first kappa shape index (κ1) is 26.0. The number of hydrogen-bond donors (Lipinski definition) is 1. The van der Waals surface area contributed by atoms with Crippen LogP contribution in [0.3, 0.4) is 0 Å². The van der Waals surface area contributed by atoms with Gasteiger partial charge in [-0.1, -0.05) is 30.1 Å². The van der Waals surface area contributed by atoms with Crippen LogP contribution in [0.2, 0.25) is 5.15 Å². The molecule has 10 heteroatoms. The fourth-order valence-corrected chi connectivity index (χ4v) is 7.45. The van der Waals surface area contributed by atoms with Crippen LogP contribution in [0.25, 0.3) is 11.5 Å². The second-order valence-corrected chi connectivity index (χ2v) is 11.9. The van der Waals surface area contributed by atoms with Crippen molar-refractivity contribution in [3.05, 3.63) is 38.5 Å². The normalized spacial score (nSPS) is 22.5. The molecule has 0 spiro atoms. The van der Waals surface area contributed by atoms with E-state index in [9.17, 15) is 5.26 Å². The molecule has 37 heavy (non-hydrogen) atoms. The number of hydrogen-bond acceptors (Lipinski definition) is 9. The van der Waals surface area contributed by atoms with E-state index in [1.165, 1.54) is 11.3 Å². The van der Waals surface area contributed by atoms with Crippen molar-refractivity contribution in [2.75, 3.05) is 19.3 Å². The largest absolute Gasteiger partial charge is 0.473 e. The molecule has 0 aromatic carbocycles. The molecule has 3 aromatic heterocycles. The molecule has 5 rings (SSSR count). The van der Waals surface area contributed by atoms with Gasteiger partial charge in [0.1, 0.15) is 22.3 Å². The fraction of sp³-hybridized carbons (Fsp3) is 0.556. The second-order valence-electron chi connectivity index (χ2n) is 10.4. The van der Waals surface area contributed by atoms with Crippen molar-refractivity contribution in [3.8, 4) is 23.5 Å². The van der Waals surface area contributed by atoms with Crippen molar-refractivity contribution in [3.63, 3.8) is 0 Å². The minimum absolute atomic E-state index is 0.0395. The maximum Gasteiger partial charge on any atom is 0.218 e. The molecule has 0 radical (unpaired) electrons. The van der Waals surface area contributed by atoms with Crippen molar-refractivity contribution in [2.45, 2.75) is 83.3 Å². The number of nitrogens with two attached hydrogens (primary N) is 1. The lowest BCUT2D eigenvalue weighted by Crippen LogP contribution is -2.38. The van der Waals surface area contributed by atoms with Crippen LogP contribution < -0.4 is 10.5 Å². The molecule has 3 aromatic rings. The molecule has 2 N–H and O–H groups in total. The number of nitrogen functional groups attached to an aromatic ring is 1. The highest BCUT2D eigenvalue weighted by Gasteiger charge is 2.43. The molecule has 0 bridgehead atoms. The molecule has 1 saturated heterocycles. The van der Waals surface area contributed by atoms with Crippen LogP contribution in [-0.4, -0.2) is 45.8 Å². The maximum absolute atomic E-state index is 9.91. The number of anilines is 1. The Labute approximate surface area is 226 Å². The third-order valence-corrected chi connectivity index (χ3v) is 9.12. The molecule has 0 amide bonds. The number of likely N-dealkylation sites (N-methyl/N-ethyl adjacent to an activating group) is 1. The number of nitrogens with zero attached hydrogens (tertiary/aromatic N) is 5. The zero-order valence-electron chi connectivity index (χ0n) is 21.8. The van der Waals surface area contributed by atoms with E-state index < -0.39 is 5.41 Å². The summed E-state index contributed by atoms with van der Waals surface area (Å²) in [5.74, 6) is 1.57. The van der Waals surface area contributed by atoms with Gasteiger partial charge in [-0.05, 0) is 71.5 Å². The zero-order chi connectivity index (χ0) is 26.3. The molecule has 3 atom stereocenters. The predicted molar refractivity (Wildman–Crippen MR) is 145 cm³/mol. The standard InChI is InChI=1S/C27H33ClN6O2S/c1-5-8-16-23(26-31-20(28)13-21(32-26)35-15(2)18-9-7-12-34(18)4)33-36-24(16)27(3)11-6-10-19-22(27)17(14-29)25(30)37-19/h13,15,18H,5-12,30H2,1-4H3/t15-,18-,27-/m0/s1. The van der Waals surface area contributed by atoms with Gasteiger partial charge in [0, 0.05) is 22.5 Å². The topological polar surface area (TPSA) is 114 Å². The van der Waals surface area contributed by atoms with Crippen LogP contribution >= 0.6 is 22.9 Å². The minimum atomic E-state index is -0.512. The molecule has 1 fully saturated rings. The van der Waals surface area contributed by atoms with Crippen LogP contribution in [0.4, 0.5) is 5.00 Å². The van der Waals surface area contributed by atoms with Gasteiger partial charge in [0.2, 0.25) is 5.88 Å². The first-order valence-corrected chi connectivity index (χ1v) is 14.2. The van der Waals surface area contributed by atoms with Gasteiger partial charge in [0.15, 0.2) is 17.3 Å². The van der Waals surface area contributed by atoms with E-state index in [1.807, 2.05) is 0 Å². The van der Waals surface area contributed by atoms with E-state index in [0.29, 0.717) is 39.2 Å². The Morgan fingerprint density at radius 3 is 2.92 bits per heavy atom. The average Bonchev–Trinajstić information content (AvgIpc) is 3.56. The first-order chi connectivity index (χ1) is 17.8. The van der Waals surface area contributed by atoms with Gasteiger partial charge in [0.25, 0.3) is 0 Å². The Morgan fingerprint density at radius 1 is 1.41 bits per heavy atom. The van der Waals surface area contributed by atoms with Gasteiger partial charge in [-0.15, -0.1) is 11.3 Å². The number of fused-ring (bicyclic) bond motifs is 1. The highest BCUT2D eigenvalue weighted by molar-refractivity contribution is 7.16. The number of rotatable bonds is 7. The van der Waals surface area contributed by atoms with Gasteiger partial charge in [-0.3, -0.25) is 4.90 Å². The lowest BCUT2D eigenvalue weighted by Gasteiger charge is -2.33. The van der Waals surface area contributed by atoms with Crippen LogP contribution in [-0.2, 0) is 18.3 Å². The van der Waals surface area contributed by atoms with E-state index in [0.717, 1.165) is 73.3 Å². The molecule has 0 unspecified atom stereocenters. The highest BCUT2D eigenvalue weighted by atomic mass is 35.5. The molecule has 8 nitrogen and oxygen atoms in total. The number of ether oxygens (including phenoxy) is 1. The predicted octanol–water partition coefficient (Wildman–Crippen LogP) is 5.76. The quantitative estimate of drug-likeness (QED) is 0.376. The molecule has 2 aliphatic rings. The van der Waals surface area contributed by atoms with Crippen molar-refractivity contribution < 1.29 is 9.26 Å². The summed E-state index contributed by atoms with van der Waals surface area (Å²) in [5.41, 5.74) is 8.80. The SMILES string of the molecule is CCCc1c(-c2nc(Cl)cc(O[C@@H](C)[C@@H]3CCCN3C)n2)noc1[C@@]1(C)CCCc2sc(N)c(C#N)c21. The Morgan fingerprint density at radius 2 is 2.22 bits per heavy atom. The average molecular weight is 541 g/mol. The van der Waals surface area contributed by atoms with Crippen LogP contribution in [0, 0.1) is 11.3 Å². The molecule has 1 aliphatic heterocycles. The van der Waals surface area contributed by atoms with Crippen molar-refractivity contribution >= 4 is 27.9 Å². The third-order valence-electron chi connectivity index (χ3n) is 7.85. The lowest BCUT2D eigenvalue weighted by molar-refractivity contribution is 0.117. The van der Waals surface area contributed by atoms with E-state index in [2.05, 4.69) is 48.9 Å². The van der Waals surface area contributed by atoms with Gasteiger partial charge >= 0.3 is 0 Å². The molecular weight excluding hydrogens is 508 g/mol. The summed E-state index contributed by atoms with van der Waals surface area (Å²) in [6.07, 6.45) is 6.57. The van der Waals surface area contributed by atoms with Crippen molar-refractivity contribution in [2.24, 2.45) is 0 Å². The Balaban J connectivity index is 1.55. The van der Waals surface area contributed by atoms with Crippen molar-refractivity contribution in [1.82, 2.24) is 20.0 Å². The van der Waals surface area contributed by atoms with Gasteiger partial charge < -0.3 is 15.0 Å². The summed E-state index contributed by atoms with van der Waals surface area (Å²) in [6, 6.07) is 4.32. The van der Waals surface area contributed by atoms with Crippen LogP contribution in [0.1, 0.15) is 80.2 Å².